The lowest BCUT2D eigenvalue weighted by Crippen LogP contribution is -2.48. The molecule has 0 radical (unpaired) electrons. The van der Waals surface area contributed by atoms with Crippen LogP contribution in [-0.2, 0) is 13.2 Å². The second-order valence-electron chi connectivity index (χ2n) is 5.96. The summed E-state index contributed by atoms with van der Waals surface area (Å²) in [5.41, 5.74) is -1.87. The molecule has 0 aromatic carbocycles. The van der Waals surface area contributed by atoms with Crippen LogP contribution < -0.4 is 9.64 Å². The summed E-state index contributed by atoms with van der Waals surface area (Å²) in [6.07, 6.45) is -4.85. The smallest absolute Gasteiger partial charge is 0.435 e. The van der Waals surface area contributed by atoms with Crippen molar-refractivity contribution >= 4 is 17.6 Å². The van der Waals surface area contributed by atoms with E-state index < -0.39 is 40.3 Å². The molecule has 12 nitrogen and oxygen atoms in total. The molecule has 15 heteroatoms. The van der Waals surface area contributed by atoms with Gasteiger partial charge in [-0.3, -0.25) is 10.1 Å². The SMILES string of the molecule is Cn1nc(C(F)(F)F)cc1Oc1ncnc(N2CCN(C(=O)O)CC2)c1[N+](=O)[O-]. The Hall–Kier alpha value is -3.65. The van der Waals surface area contributed by atoms with Gasteiger partial charge in [0.25, 0.3) is 0 Å². The zero-order chi connectivity index (χ0) is 21.3. The molecule has 0 saturated carbocycles. The van der Waals surface area contributed by atoms with E-state index in [4.69, 9.17) is 9.84 Å². The Morgan fingerprint density at radius 3 is 2.45 bits per heavy atom. The number of hydrogen-bond acceptors (Lipinski definition) is 8. The predicted octanol–water partition coefficient (Wildman–Crippen LogP) is 1.73. The number of rotatable bonds is 4. The monoisotopic (exact) mass is 417 g/mol. The first-order chi connectivity index (χ1) is 13.6. The molecule has 1 saturated heterocycles. The minimum atomic E-state index is -4.72. The lowest BCUT2D eigenvalue weighted by atomic mass is 10.3. The molecule has 3 heterocycles. The van der Waals surface area contributed by atoms with Gasteiger partial charge in [-0.15, -0.1) is 0 Å². The number of carbonyl (C=O) groups is 1. The van der Waals surface area contributed by atoms with Gasteiger partial charge in [0, 0.05) is 39.3 Å². The highest BCUT2D eigenvalue weighted by molar-refractivity contribution is 5.67. The number of amides is 1. The quantitative estimate of drug-likeness (QED) is 0.582. The number of ether oxygens (including phenoxy) is 1. The highest BCUT2D eigenvalue weighted by Crippen LogP contribution is 2.37. The molecule has 0 bridgehead atoms. The molecular formula is C14H14F3N7O5. The van der Waals surface area contributed by atoms with Crippen molar-refractivity contribution < 1.29 is 32.7 Å². The van der Waals surface area contributed by atoms with Crippen molar-refractivity contribution in [2.24, 2.45) is 7.05 Å². The van der Waals surface area contributed by atoms with Gasteiger partial charge in [0.2, 0.25) is 11.7 Å². The summed E-state index contributed by atoms with van der Waals surface area (Å²) >= 11 is 0. The van der Waals surface area contributed by atoms with E-state index in [-0.39, 0.29) is 32.0 Å². The number of aromatic nitrogens is 4. The standard InChI is InChI=1S/C14H14F3N7O5/c1-21-9(6-8(20-21)14(15,16)17)29-12-10(24(27)28)11(18-7-19-12)22-2-4-23(5-3-22)13(25)26/h6-7H,2-5H2,1H3,(H,25,26). The van der Waals surface area contributed by atoms with Gasteiger partial charge in [0.15, 0.2) is 5.69 Å². The fourth-order valence-corrected chi connectivity index (χ4v) is 2.71. The molecule has 29 heavy (non-hydrogen) atoms. The fourth-order valence-electron chi connectivity index (χ4n) is 2.71. The number of halogens is 3. The molecule has 2 aromatic rings. The molecule has 3 rings (SSSR count). The minimum Gasteiger partial charge on any atom is -0.465 e. The zero-order valence-corrected chi connectivity index (χ0v) is 14.8. The van der Waals surface area contributed by atoms with Crippen molar-refractivity contribution in [1.82, 2.24) is 24.6 Å². The normalized spacial score (nSPS) is 14.8. The highest BCUT2D eigenvalue weighted by atomic mass is 19.4. The molecule has 1 aliphatic heterocycles. The molecule has 0 unspecified atom stereocenters. The van der Waals surface area contributed by atoms with E-state index in [1.54, 1.807) is 0 Å². The molecular weight excluding hydrogens is 403 g/mol. The molecule has 1 aliphatic rings. The first-order valence-electron chi connectivity index (χ1n) is 8.09. The first-order valence-corrected chi connectivity index (χ1v) is 8.09. The van der Waals surface area contributed by atoms with Crippen LogP contribution >= 0.6 is 0 Å². The molecule has 0 spiro atoms. The number of nitro groups is 1. The first kappa shape index (κ1) is 20.1. The molecule has 0 atom stereocenters. The largest absolute Gasteiger partial charge is 0.465 e. The van der Waals surface area contributed by atoms with Gasteiger partial charge in [-0.2, -0.15) is 23.3 Å². The van der Waals surface area contributed by atoms with Crippen LogP contribution in [0.25, 0.3) is 0 Å². The molecule has 1 N–H and O–H groups in total. The van der Waals surface area contributed by atoms with Crippen LogP contribution in [0.5, 0.6) is 11.8 Å². The van der Waals surface area contributed by atoms with E-state index in [1.807, 2.05) is 0 Å². The number of alkyl halides is 3. The average Bonchev–Trinajstić information content (AvgIpc) is 3.02. The van der Waals surface area contributed by atoms with Crippen LogP contribution in [0.15, 0.2) is 12.4 Å². The second kappa shape index (κ2) is 7.40. The number of nitrogens with zero attached hydrogens (tertiary/aromatic N) is 7. The number of anilines is 1. The Morgan fingerprint density at radius 2 is 1.93 bits per heavy atom. The molecule has 0 aliphatic carbocycles. The van der Waals surface area contributed by atoms with Crippen LogP contribution in [0.3, 0.4) is 0 Å². The average molecular weight is 417 g/mol. The van der Waals surface area contributed by atoms with Crippen molar-refractivity contribution in [1.29, 1.82) is 0 Å². The lowest BCUT2D eigenvalue weighted by molar-refractivity contribution is -0.385. The Balaban J connectivity index is 1.91. The van der Waals surface area contributed by atoms with Crippen molar-refractivity contribution in [2.75, 3.05) is 31.1 Å². The van der Waals surface area contributed by atoms with E-state index >= 15 is 0 Å². The lowest BCUT2D eigenvalue weighted by Gasteiger charge is -2.33. The molecule has 2 aromatic heterocycles. The Labute approximate surface area is 160 Å². The fraction of sp³-hybridized carbons (Fsp3) is 0.429. The van der Waals surface area contributed by atoms with E-state index in [0.717, 1.165) is 15.9 Å². The number of carboxylic acid groups (broad SMARTS) is 1. The van der Waals surface area contributed by atoms with Crippen molar-refractivity contribution in [3.8, 4) is 11.8 Å². The summed E-state index contributed by atoms with van der Waals surface area (Å²) < 4.78 is 44.4. The van der Waals surface area contributed by atoms with Crippen LogP contribution in [0.4, 0.5) is 29.5 Å². The third kappa shape index (κ3) is 4.12. The van der Waals surface area contributed by atoms with Gasteiger partial charge in [0.1, 0.15) is 6.33 Å². The summed E-state index contributed by atoms with van der Waals surface area (Å²) in [4.78, 5) is 32.0. The van der Waals surface area contributed by atoms with Gasteiger partial charge >= 0.3 is 23.8 Å². The topological polar surface area (TPSA) is 140 Å². The molecule has 1 amide bonds. The van der Waals surface area contributed by atoms with Gasteiger partial charge in [-0.25, -0.2) is 14.5 Å². The minimum absolute atomic E-state index is 0.101. The molecule has 1 fully saturated rings. The van der Waals surface area contributed by atoms with E-state index in [0.29, 0.717) is 6.07 Å². The summed E-state index contributed by atoms with van der Waals surface area (Å²) in [7, 11) is 1.18. The van der Waals surface area contributed by atoms with Gasteiger partial charge < -0.3 is 19.6 Å². The number of piperazine rings is 1. The van der Waals surface area contributed by atoms with Gasteiger partial charge in [0.05, 0.1) is 4.92 Å². The van der Waals surface area contributed by atoms with E-state index in [9.17, 15) is 28.1 Å². The highest BCUT2D eigenvalue weighted by Gasteiger charge is 2.36. The maximum atomic E-state index is 12.8. The van der Waals surface area contributed by atoms with Gasteiger partial charge in [-0.1, -0.05) is 0 Å². The third-order valence-electron chi connectivity index (χ3n) is 4.13. The van der Waals surface area contributed by atoms with Crippen LogP contribution in [0.1, 0.15) is 5.69 Å². The van der Waals surface area contributed by atoms with E-state index in [1.165, 1.54) is 11.9 Å². The Morgan fingerprint density at radius 1 is 1.28 bits per heavy atom. The maximum absolute atomic E-state index is 12.8. The summed E-state index contributed by atoms with van der Waals surface area (Å²) in [5.74, 6) is -1.08. The molecule has 156 valence electrons. The summed E-state index contributed by atoms with van der Waals surface area (Å²) in [5, 5.41) is 23.9. The summed E-state index contributed by atoms with van der Waals surface area (Å²) in [6, 6.07) is 0.594. The third-order valence-corrected chi connectivity index (χ3v) is 4.13. The maximum Gasteiger partial charge on any atom is 0.435 e. The number of hydrogen-bond donors (Lipinski definition) is 1. The number of aryl methyl sites for hydroxylation is 1. The second-order valence-corrected chi connectivity index (χ2v) is 5.96. The predicted molar refractivity (Wildman–Crippen MR) is 88.8 cm³/mol. The van der Waals surface area contributed by atoms with Crippen molar-refractivity contribution in [3.63, 3.8) is 0 Å². The van der Waals surface area contributed by atoms with E-state index in [2.05, 4.69) is 15.1 Å². The Kier molecular flexibility index (Phi) is 5.13. The van der Waals surface area contributed by atoms with Crippen molar-refractivity contribution in [2.45, 2.75) is 6.18 Å². The Bertz CT molecular complexity index is 940. The zero-order valence-electron chi connectivity index (χ0n) is 14.8. The van der Waals surface area contributed by atoms with Crippen LogP contribution in [0, 0.1) is 10.1 Å². The summed E-state index contributed by atoms with van der Waals surface area (Å²) in [6.45, 7) is 0.466. The van der Waals surface area contributed by atoms with Crippen LogP contribution in [0.2, 0.25) is 0 Å². The van der Waals surface area contributed by atoms with Gasteiger partial charge in [-0.05, 0) is 0 Å². The van der Waals surface area contributed by atoms with Crippen molar-refractivity contribution in [3.05, 3.63) is 28.2 Å². The van der Waals surface area contributed by atoms with Crippen LogP contribution in [-0.4, -0.2) is 67.0 Å².